The van der Waals surface area contributed by atoms with Crippen LogP contribution in [0.4, 0.5) is 5.82 Å². The zero-order valence-electron chi connectivity index (χ0n) is 23.0. The molecule has 0 fully saturated rings. The van der Waals surface area contributed by atoms with Gasteiger partial charge in [-0.25, -0.2) is 4.68 Å². The summed E-state index contributed by atoms with van der Waals surface area (Å²) in [6, 6.07) is 20.0. The number of nitrogens with zero attached hydrogens (tertiary/aromatic N) is 3. The molecule has 8 heteroatoms. The van der Waals surface area contributed by atoms with Crippen molar-refractivity contribution in [1.82, 2.24) is 15.1 Å². The maximum atomic E-state index is 13.8. The minimum Gasteiger partial charge on any atom is -0.467 e. The van der Waals surface area contributed by atoms with Gasteiger partial charge in [0.2, 0.25) is 11.8 Å². The smallest absolute Gasteiger partial charge is 0.240 e. The molecule has 3 heterocycles. The van der Waals surface area contributed by atoms with Crippen LogP contribution in [0.25, 0.3) is 5.69 Å². The highest BCUT2D eigenvalue weighted by Gasteiger charge is 2.40. The van der Waals surface area contributed by atoms with Gasteiger partial charge in [0.05, 0.1) is 35.2 Å². The Labute approximate surface area is 233 Å². The Bertz CT molecular complexity index is 1500. The number of anilines is 1. The Morgan fingerprint density at radius 3 is 2.59 bits per heavy atom. The van der Waals surface area contributed by atoms with Crippen molar-refractivity contribution in [2.24, 2.45) is 0 Å². The highest BCUT2D eigenvalue weighted by atomic mass is 32.2. The van der Waals surface area contributed by atoms with Gasteiger partial charge in [-0.1, -0.05) is 57.2 Å². The average Bonchev–Trinajstić information content (AvgIpc) is 3.53. The lowest BCUT2D eigenvalue weighted by Crippen LogP contribution is -2.42. The van der Waals surface area contributed by atoms with Crippen LogP contribution >= 0.6 is 11.8 Å². The molecule has 1 N–H and O–H groups in total. The van der Waals surface area contributed by atoms with Crippen LogP contribution in [0.3, 0.4) is 0 Å². The van der Waals surface area contributed by atoms with Gasteiger partial charge in [-0.05, 0) is 54.8 Å². The van der Waals surface area contributed by atoms with E-state index in [1.807, 2.05) is 41.9 Å². The molecule has 7 nitrogen and oxygen atoms in total. The van der Waals surface area contributed by atoms with Gasteiger partial charge in [0.15, 0.2) is 0 Å². The summed E-state index contributed by atoms with van der Waals surface area (Å²) in [5, 5.41) is 7.94. The molecule has 39 heavy (non-hydrogen) atoms. The molecule has 0 spiro atoms. The van der Waals surface area contributed by atoms with E-state index >= 15 is 0 Å². The number of aryl methyl sites for hydroxylation is 2. The van der Waals surface area contributed by atoms with Crippen LogP contribution in [0.5, 0.6) is 0 Å². The SMILES string of the molecule is Cc1cccc(-n2nc(C(C)(C)C)c3c2N(CC(=O)NCc2ccco2)C(=O)CSC3c2ccccc2C)c1. The Kier molecular flexibility index (Phi) is 7.40. The summed E-state index contributed by atoms with van der Waals surface area (Å²) in [5.74, 6) is 1.17. The minimum absolute atomic E-state index is 0.116. The van der Waals surface area contributed by atoms with E-state index in [0.29, 0.717) is 11.6 Å². The van der Waals surface area contributed by atoms with Crippen LogP contribution in [0, 0.1) is 13.8 Å². The van der Waals surface area contributed by atoms with Gasteiger partial charge in [0, 0.05) is 11.0 Å². The molecular weight excluding hydrogens is 508 g/mol. The van der Waals surface area contributed by atoms with Crippen molar-refractivity contribution in [3.63, 3.8) is 0 Å². The van der Waals surface area contributed by atoms with Gasteiger partial charge >= 0.3 is 0 Å². The van der Waals surface area contributed by atoms with Crippen molar-refractivity contribution >= 4 is 29.4 Å². The maximum Gasteiger partial charge on any atom is 0.240 e. The summed E-state index contributed by atoms with van der Waals surface area (Å²) in [5.41, 5.74) is 5.83. The van der Waals surface area contributed by atoms with Crippen LogP contribution in [0.2, 0.25) is 0 Å². The van der Waals surface area contributed by atoms with E-state index in [1.165, 1.54) is 0 Å². The lowest BCUT2D eigenvalue weighted by molar-refractivity contribution is -0.123. The molecule has 0 bridgehead atoms. The van der Waals surface area contributed by atoms with E-state index < -0.39 is 0 Å². The number of rotatable bonds is 6. The molecule has 4 aromatic rings. The van der Waals surface area contributed by atoms with Crippen LogP contribution in [-0.4, -0.2) is 33.9 Å². The third kappa shape index (κ3) is 5.52. The summed E-state index contributed by atoms with van der Waals surface area (Å²) >= 11 is 1.60. The molecule has 1 unspecified atom stereocenters. The number of hydrogen-bond donors (Lipinski definition) is 1. The number of hydrogen-bond acceptors (Lipinski definition) is 5. The third-order valence-electron chi connectivity index (χ3n) is 6.86. The highest BCUT2D eigenvalue weighted by molar-refractivity contribution is 8.00. The van der Waals surface area contributed by atoms with E-state index in [-0.39, 0.29) is 41.3 Å². The number of carbonyl (C=O) groups is 2. The van der Waals surface area contributed by atoms with Gasteiger partial charge in [0.25, 0.3) is 0 Å². The van der Waals surface area contributed by atoms with Gasteiger partial charge in [-0.15, -0.1) is 11.8 Å². The lowest BCUT2D eigenvalue weighted by atomic mass is 9.86. The standard InChI is InChI=1S/C31H34N4O3S/c1-20-10-8-12-22(16-20)35-30-27(29(33-35)31(3,4)5)28(24-14-7-6-11-21(24)2)39-19-26(37)34(30)18-25(36)32-17-23-13-9-15-38-23/h6-16,28H,17-19H2,1-5H3,(H,32,36). The first-order chi connectivity index (χ1) is 18.6. The zero-order valence-corrected chi connectivity index (χ0v) is 23.8. The second-order valence-electron chi connectivity index (χ2n) is 11.0. The molecule has 0 aliphatic carbocycles. The molecule has 0 saturated carbocycles. The minimum atomic E-state index is -0.304. The first-order valence-corrected chi connectivity index (χ1v) is 14.2. The Morgan fingerprint density at radius 2 is 1.90 bits per heavy atom. The number of aromatic nitrogens is 2. The number of fused-ring (bicyclic) bond motifs is 1. The van der Waals surface area contributed by atoms with Gasteiger partial charge < -0.3 is 9.73 Å². The van der Waals surface area contributed by atoms with E-state index in [1.54, 1.807) is 35.1 Å². The van der Waals surface area contributed by atoms with E-state index in [4.69, 9.17) is 9.52 Å². The molecule has 1 atom stereocenters. The van der Waals surface area contributed by atoms with Crippen molar-refractivity contribution in [3.05, 3.63) is 101 Å². The van der Waals surface area contributed by atoms with Crippen LogP contribution in [-0.2, 0) is 21.5 Å². The molecule has 5 rings (SSSR count). The summed E-state index contributed by atoms with van der Waals surface area (Å²) in [7, 11) is 0. The second kappa shape index (κ2) is 10.8. The molecule has 2 aromatic heterocycles. The Balaban J connectivity index is 1.69. The van der Waals surface area contributed by atoms with Gasteiger partial charge in [-0.2, -0.15) is 5.10 Å². The van der Waals surface area contributed by atoms with Crippen LogP contribution in [0.1, 0.15) is 59.7 Å². The largest absolute Gasteiger partial charge is 0.467 e. The second-order valence-corrected chi connectivity index (χ2v) is 12.1. The van der Waals surface area contributed by atoms with Crippen LogP contribution < -0.4 is 10.2 Å². The van der Waals surface area contributed by atoms with Crippen molar-refractivity contribution in [2.45, 2.75) is 51.8 Å². The van der Waals surface area contributed by atoms with E-state index in [9.17, 15) is 9.59 Å². The number of thioether (sulfide) groups is 1. The lowest BCUT2D eigenvalue weighted by Gasteiger charge is -2.25. The third-order valence-corrected chi connectivity index (χ3v) is 8.09. The first-order valence-electron chi connectivity index (χ1n) is 13.1. The Morgan fingerprint density at radius 1 is 1.10 bits per heavy atom. The monoisotopic (exact) mass is 542 g/mol. The summed E-state index contributed by atoms with van der Waals surface area (Å²) in [6.45, 7) is 10.7. The van der Waals surface area contributed by atoms with Crippen molar-refractivity contribution in [2.75, 3.05) is 17.2 Å². The van der Waals surface area contributed by atoms with Gasteiger partial charge in [-0.3, -0.25) is 14.5 Å². The Hall–Kier alpha value is -3.78. The summed E-state index contributed by atoms with van der Waals surface area (Å²) < 4.78 is 7.22. The molecule has 0 radical (unpaired) electrons. The van der Waals surface area contributed by atoms with Gasteiger partial charge in [0.1, 0.15) is 18.1 Å². The van der Waals surface area contributed by atoms with E-state index in [0.717, 1.165) is 33.6 Å². The number of furan rings is 1. The fraction of sp³-hybridized carbons (Fsp3) is 0.323. The highest BCUT2D eigenvalue weighted by Crippen LogP contribution is 2.49. The normalized spacial score (nSPS) is 15.7. The van der Waals surface area contributed by atoms with E-state index in [2.05, 4.69) is 51.2 Å². The van der Waals surface area contributed by atoms with Crippen molar-refractivity contribution < 1.29 is 14.0 Å². The fourth-order valence-corrected chi connectivity index (χ4v) is 6.23. The molecule has 1 aliphatic heterocycles. The predicted molar refractivity (Wildman–Crippen MR) is 155 cm³/mol. The number of benzene rings is 2. The number of amides is 2. The molecule has 202 valence electrons. The molecule has 1 aliphatic rings. The molecular formula is C31H34N4O3S. The zero-order chi connectivity index (χ0) is 27.7. The summed E-state index contributed by atoms with van der Waals surface area (Å²) in [4.78, 5) is 28.6. The quantitative estimate of drug-likeness (QED) is 0.330. The average molecular weight is 543 g/mol. The topological polar surface area (TPSA) is 80.4 Å². The molecule has 2 aromatic carbocycles. The first kappa shape index (κ1) is 26.8. The van der Waals surface area contributed by atoms with Crippen LogP contribution in [0.15, 0.2) is 71.3 Å². The molecule has 0 saturated heterocycles. The number of nitrogens with one attached hydrogen (secondary N) is 1. The number of carbonyl (C=O) groups excluding carboxylic acids is 2. The fourth-order valence-electron chi connectivity index (χ4n) is 4.94. The van der Waals surface area contributed by atoms with Crippen molar-refractivity contribution in [1.29, 1.82) is 0 Å². The maximum absolute atomic E-state index is 13.8. The molecule has 2 amide bonds. The summed E-state index contributed by atoms with van der Waals surface area (Å²) in [6.07, 6.45) is 1.57. The van der Waals surface area contributed by atoms with Crippen molar-refractivity contribution in [3.8, 4) is 5.69 Å². The predicted octanol–water partition coefficient (Wildman–Crippen LogP) is 5.87.